The van der Waals surface area contributed by atoms with Gasteiger partial charge in [0.25, 0.3) is 5.91 Å². The summed E-state index contributed by atoms with van der Waals surface area (Å²) in [6, 6.07) is 0. The summed E-state index contributed by atoms with van der Waals surface area (Å²) in [5, 5.41) is 7.98. The maximum atomic E-state index is 10.3. The van der Waals surface area contributed by atoms with Crippen LogP contribution in [0.2, 0.25) is 0 Å². The second-order valence-electron chi connectivity index (χ2n) is 1.40. The molecule has 0 saturated heterocycles. The zero-order chi connectivity index (χ0) is 6.57. The Morgan fingerprint density at radius 1 is 1.88 bits per heavy atom. The van der Waals surface area contributed by atoms with Crippen molar-refractivity contribution >= 4 is 5.91 Å². The maximum absolute atomic E-state index is 10.3. The molecule has 0 rings (SSSR count). The molecular weight excluding hydrogens is 106 g/mol. The lowest BCUT2D eigenvalue weighted by atomic mass is 10.2. The molecule has 0 heterocycles. The smallest absolute Gasteiger partial charge is 0.269 e. The van der Waals surface area contributed by atoms with Crippen LogP contribution in [-0.2, 0) is 4.79 Å². The molecule has 3 heteroatoms. The van der Waals surface area contributed by atoms with Gasteiger partial charge in [0.2, 0.25) is 0 Å². The van der Waals surface area contributed by atoms with E-state index in [1.165, 1.54) is 5.48 Å². The second-order valence-corrected chi connectivity index (χ2v) is 1.40. The lowest BCUT2D eigenvalue weighted by Gasteiger charge is -1.95. The predicted molar refractivity (Wildman–Crippen MR) is 29.4 cm³/mol. The number of hydrogen-bond acceptors (Lipinski definition) is 2. The third-order valence-electron chi connectivity index (χ3n) is 0.849. The molecule has 0 fully saturated rings. The number of rotatable bonds is 2. The van der Waals surface area contributed by atoms with Crippen LogP contribution in [0.4, 0.5) is 0 Å². The molecule has 8 heavy (non-hydrogen) atoms. The molecule has 2 N–H and O–H groups in total. The van der Waals surface area contributed by atoms with E-state index in [0.717, 1.165) is 0 Å². The quantitative estimate of drug-likeness (QED) is 0.312. The summed E-state index contributed by atoms with van der Waals surface area (Å²) in [4.78, 5) is 10.3. The molecule has 0 aromatic rings. The SMILES string of the molecule is C=C(CC)C(=O)NO. The van der Waals surface area contributed by atoms with E-state index in [4.69, 9.17) is 5.21 Å². The minimum Gasteiger partial charge on any atom is -0.288 e. The van der Waals surface area contributed by atoms with Crippen LogP contribution in [0.1, 0.15) is 13.3 Å². The van der Waals surface area contributed by atoms with Gasteiger partial charge in [-0.15, -0.1) is 0 Å². The Morgan fingerprint density at radius 3 is 2.50 bits per heavy atom. The highest BCUT2D eigenvalue weighted by Crippen LogP contribution is 1.93. The molecule has 1 amide bonds. The fraction of sp³-hybridized carbons (Fsp3) is 0.400. The Bertz CT molecular complexity index is 95.0. The standard InChI is InChI=1S/C5H9NO2/c1-3-4(2)5(7)6-8/h8H,2-3H2,1H3,(H,6,7). The van der Waals surface area contributed by atoms with Gasteiger partial charge in [0.15, 0.2) is 0 Å². The lowest BCUT2D eigenvalue weighted by Crippen LogP contribution is -2.19. The molecule has 0 bridgehead atoms. The molecule has 0 unspecified atom stereocenters. The van der Waals surface area contributed by atoms with Crippen molar-refractivity contribution in [2.45, 2.75) is 13.3 Å². The summed E-state index contributed by atoms with van der Waals surface area (Å²) in [7, 11) is 0. The first-order chi connectivity index (χ1) is 3.72. The normalized spacial score (nSPS) is 8.25. The predicted octanol–water partition coefficient (Wildman–Crippen LogP) is 0.458. The summed E-state index contributed by atoms with van der Waals surface area (Å²) >= 11 is 0. The van der Waals surface area contributed by atoms with E-state index in [2.05, 4.69) is 6.58 Å². The van der Waals surface area contributed by atoms with Crippen LogP contribution >= 0.6 is 0 Å². The monoisotopic (exact) mass is 115 g/mol. The summed E-state index contributed by atoms with van der Waals surface area (Å²) in [6.07, 6.45) is 0.562. The Kier molecular flexibility index (Phi) is 2.88. The van der Waals surface area contributed by atoms with Crippen molar-refractivity contribution in [3.63, 3.8) is 0 Å². The van der Waals surface area contributed by atoms with Crippen molar-refractivity contribution in [2.75, 3.05) is 0 Å². The van der Waals surface area contributed by atoms with Crippen LogP contribution in [0.3, 0.4) is 0 Å². The molecule has 46 valence electrons. The minimum absolute atomic E-state index is 0.382. The van der Waals surface area contributed by atoms with E-state index in [9.17, 15) is 4.79 Å². The zero-order valence-electron chi connectivity index (χ0n) is 4.77. The molecule has 0 aliphatic heterocycles. The Morgan fingerprint density at radius 2 is 2.38 bits per heavy atom. The van der Waals surface area contributed by atoms with E-state index < -0.39 is 5.91 Å². The molecule has 0 spiro atoms. The Labute approximate surface area is 48.0 Å². The fourth-order valence-corrected chi connectivity index (χ4v) is 0.240. The highest BCUT2D eigenvalue weighted by atomic mass is 16.5. The van der Waals surface area contributed by atoms with Gasteiger partial charge in [-0.25, -0.2) is 5.48 Å². The number of hydroxylamine groups is 1. The fourth-order valence-electron chi connectivity index (χ4n) is 0.240. The van der Waals surface area contributed by atoms with Gasteiger partial charge in [-0.1, -0.05) is 13.5 Å². The number of nitrogens with one attached hydrogen (secondary N) is 1. The third kappa shape index (κ3) is 1.75. The van der Waals surface area contributed by atoms with Crippen LogP contribution in [0.25, 0.3) is 0 Å². The van der Waals surface area contributed by atoms with Crippen LogP contribution in [0.15, 0.2) is 12.2 Å². The van der Waals surface area contributed by atoms with Crippen molar-refractivity contribution in [1.82, 2.24) is 5.48 Å². The summed E-state index contributed by atoms with van der Waals surface area (Å²) in [5.74, 6) is -0.507. The van der Waals surface area contributed by atoms with E-state index in [0.29, 0.717) is 12.0 Å². The third-order valence-corrected chi connectivity index (χ3v) is 0.849. The zero-order valence-corrected chi connectivity index (χ0v) is 4.77. The second kappa shape index (κ2) is 3.21. The molecule has 0 saturated carbocycles. The molecular formula is C5H9NO2. The van der Waals surface area contributed by atoms with Crippen molar-refractivity contribution in [2.24, 2.45) is 0 Å². The lowest BCUT2D eigenvalue weighted by molar-refractivity contribution is -0.125. The van der Waals surface area contributed by atoms with E-state index in [1.54, 1.807) is 6.92 Å². The highest BCUT2D eigenvalue weighted by Gasteiger charge is 1.99. The molecule has 0 aliphatic rings. The van der Waals surface area contributed by atoms with Crippen LogP contribution < -0.4 is 5.48 Å². The average molecular weight is 115 g/mol. The van der Waals surface area contributed by atoms with Gasteiger partial charge in [-0.3, -0.25) is 10.0 Å². The van der Waals surface area contributed by atoms with Gasteiger partial charge in [-0.05, 0) is 6.42 Å². The van der Waals surface area contributed by atoms with Crippen molar-refractivity contribution < 1.29 is 10.0 Å². The van der Waals surface area contributed by atoms with E-state index in [-0.39, 0.29) is 0 Å². The van der Waals surface area contributed by atoms with Crippen LogP contribution in [0.5, 0.6) is 0 Å². The van der Waals surface area contributed by atoms with Crippen molar-refractivity contribution in [3.8, 4) is 0 Å². The summed E-state index contributed by atoms with van der Waals surface area (Å²) in [5.41, 5.74) is 1.86. The van der Waals surface area contributed by atoms with Gasteiger partial charge >= 0.3 is 0 Å². The number of amides is 1. The molecule has 0 aromatic carbocycles. The van der Waals surface area contributed by atoms with Crippen LogP contribution in [0, 0.1) is 0 Å². The summed E-state index contributed by atoms with van der Waals surface area (Å²) < 4.78 is 0. The van der Waals surface area contributed by atoms with Crippen molar-refractivity contribution in [3.05, 3.63) is 12.2 Å². The van der Waals surface area contributed by atoms with Crippen LogP contribution in [-0.4, -0.2) is 11.1 Å². The van der Waals surface area contributed by atoms with E-state index >= 15 is 0 Å². The number of carbonyl (C=O) groups is 1. The average Bonchev–Trinajstić information content (AvgIpc) is 1.84. The molecule has 0 aromatic heterocycles. The van der Waals surface area contributed by atoms with Gasteiger partial charge in [0.1, 0.15) is 0 Å². The molecule has 3 nitrogen and oxygen atoms in total. The number of hydrogen-bond donors (Lipinski definition) is 2. The van der Waals surface area contributed by atoms with Gasteiger partial charge in [0.05, 0.1) is 0 Å². The van der Waals surface area contributed by atoms with Crippen molar-refractivity contribution in [1.29, 1.82) is 0 Å². The first-order valence-electron chi connectivity index (χ1n) is 2.34. The van der Waals surface area contributed by atoms with Gasteiger partial charge < -0.3 is 0 Å². The van der Waals surface area contributed by atoms with Gasteiger partial charge in [-0.2, -0.15) is 0 Å². The molecule has 0 radical (unpaired) electrons. The molecule has 0 aliphatic carbocycles. The topological polar surface area (TPSA) is 49.3 Å². The first-order valence-corrected chi connectivity index (χ1v) is 2.34. The Hall–Kier alpha value is -0.830. The highest BCUT2D eigenvalue weighted by molar-refractivity contribution is 5.91. The number of carbonyl (C=O) groups excluding carboxylic acids is 1. The first kappa shape index (κ1) is 7.17. The maximum Gasteiger partial charge on any atom is 0.269 e. The van der Waals surface area contributed by atoms with E-state index in [1.807, 2.05) is 0 Å². The Balaban J connectivity index is 3.64. The molecule has 0 atom stereocenters. The summed E-state index contributed by atoms with van der Waals surface area (Å²) in [6.45, 7) is 5.16. The minimum atomic E-state index is -0.507. The largest absolute Gasteiger partial charge is 0.288 e. The van der Waals surface area contributed by atoms with Gasteiger partial charge in [0, 0.05) is 5.57 Å².